The maximum absolute atomic E-state index is 15.3. The number of amides is 1. The zero-order valence-corrected chi connectivity index (χ0v) is 22.9. The van der Waals surface area contributed by atoms with E-state index in [1.165, 1.54) is 4.57 Å². The van der Waals surface area contributed by atoms with E-state index in [-0.39, 0.29) is 10.9 Å². The van der Waals surface area contributed by atoms with Crippen LogP contribution in [0, 0.1) is 5.82 Å². The van der Waals surface area contributed by atoms with Gasteiger partial charge in [0.15, 0.2) is 17.7 Å². The molecule has 0 spiro atoms. The summed E-state index contributed by atoms with van der Waals surface area (Å²) in [5.41, 5.74) is -0.0409. The number of aromatic nitrogens is 2. The van der Waals surface area contributed by atoms with Gasteiger partial charge in [0.2, 0.25) is 6.41 Å². The lowest BCUT2D eigenvalue weighted by molar-refractivity contribution is -0.119. The van der Waals surface area contributed by atoms with E-state index in [0.717, 1.165) is 23.1 Å². The Bertz CT molecular complexity index is 1640. The average Bonchev–Trinajstić information content (AvgIpc) is 2.99. The molecule has 2 aromatic carbocycles. The summed E-state index contributed by atoms with van der Waals surface area (Å²) >= 11 is 5.44. The predicted octanol–water partition coefficient (Wildman–Crippen LogP) is 4.63. The van der Waals surface area contributed by atoms with Gasteiger partial charge in [-0.3, -0.25) is 14.2 Å². The first kappa shape index (κ1) is 28.5. The van der Waals surface area contributed by atoms with E-state index in [0.29, 0.717) is 48.4 Å². The molecule has 0 bridgehead atoms. The van der Waals surface area contributed by atoms with E-state index in [1.54, 1.807) is 35.2 Å². The van der Waals surface area contributed by atoms with E-state index in [4.69, 9.17) is 17.0 Å². The van der Waals surface area contributed by atoms with Gasteiger partial charge >= 0.3 is 5.69 Å². The Hall–Kier alpha value is -3.99. The van der Waals surface area contributed by atoms with Gasteiger partial charge in [-0.25, -0.2) is 22.5 Å². The van der Waals surface area contributed by atoms with Gasteiger partial charge in [-0.1, -0.05) is 54.7 Å². The summed E-state index contributed by atoms with van der Waals surface area (Å²) in [7, 11) is 0. The van der Waals surface area contributed by atoms with E-state index >= 15 is 4.39 Å². The van der Waals surface area contributed by atoms with Gasteiger partial charge in [-0.2, -0.15) is 0 Å². The zero-order chi connectivity index (χ0) is 29.1. The number of piperidine rings is 1. The number of benzene rings is 2. The second kappa shape index (κ2) is 12.3. The molecule has 214 valence electrons. The highest BCUT2D eigenvalue weighted by atomic mass is 32.1. The Morgan fingerprint density at radius 1 is 1.07 bits per heavy atom. The molecule has 0 saturated carbocycles. The third kappa shape index (κ3) is 5.63. The number of hydrogen-bond donors (Lipinski definition) is 0. The molecule has 1 aliphatic carbocycles. The lowest BCUT2D eigenvalue weighted by atomic mass is 9.93. The minimum Gasteiger partial charge on any atom is -0.482 e. The molecule has 1 atom stereocenters. The molecule has 1 amide bonds. The highest BCUT2D eigenvalue weighted by Gasteiger charge is 2.30. The third-order valence-corrected chi connectivity index (χ3v) is 7.75. The van der Waals surface area contributed by atoms with E-state index < -0.39 is 54.4 Å². The van der Waals surface area contributed by atoms with Crippen LogP contribution in [0.4, 0.5) is 13.2 Å². The largest absolute Gasteiger partial charge is 0.482 e. The van der Waals surface area contributed by atoms with Crippen LogP contribution in [-0.4, -0.2) is 57.9 Å². The molecule has 1 aromatic heterocycles. The van der Waals surface area contributed by atoms with E-state index in [2.05, 4.69) is 0 Å². The van der Waals surface area contributed by atoms with Crippen LogP contribution in [-0.2, 0) is 4.79 Å². The number of hydrogen-bond acceptors (Lipinski definition) is 5. The van der Waals surface area contributed by atoms with Crippen LogP contribution in [0.5, 0.6) is 5.75 Å². The topological polar surface area (TPSA) is 73.5 Å². The molecule has 1 saturated heterocycles. The van der Waals surface area contributed by atoms with E-state index in [9.17, 15) is 23.2 Å². The highest BCUT2D eigenvalue weighted by Crippen LogP contribution is 2.32. The number of nitrogens with zero attached hydrogens (tertiary/aromatic N) is 3. The second-order valence-electron chi connectivity index (χ2n) is 10.1. The number of thiocarbonyl (C=S) groups is 1. The van der Waals surface area contributed by atoms with Crippen LogP contribution in [0.1, 0.15) is 36.9 Å². The predicted molar refractivity (Wildman–Crippen MR) is 154 cm³/mol. The molecule has 41 heavy (non-hydrogen) atoms. The van der Waals surface area contributed by atoms with Gasteiger partial charge < -0.3 is 9.64 Å². The lowest BCUT2D eigenvalue weighted by Crippen LogP contribution is -2.46. The van der Waals surface area contributed by atoms with Crippen LogP contribution in [0.2, 0.25) is 0 Å². The van der Waals surface area contributed by atoms with Crippen LogP contribution < -0.4 is 16.0 Å². The molecule has 1 fully saturated rings. The smallest absolute Gasteiger partial charge is 0.332 e. The summed E-state index contributed by atoms with van der Waals surface area (Å²) in [5.74, 6) is -1.44. The maximum Gasteiger partial charge on any atom is 0.332 e. The molecule has 1 aliphatic heterocycles. The molecule has 2 heterocycles. The molecule has 7 nitrogen and oxygen atoms in total. The molecule has 1 unspecified atom stereocenters. The van der Waals surface area contributed by atoms with Gasteiger partial charge in [0.1, 0.15) is 13.3 Å². The number of carbonyl (C=O) groups is 1. The summed E-state index contributed by atoms with van der Waals surface area (Å²) < 4.78 is 49.5. The summed E-state index contributed by atoms with van der Waals surface area (Å²) in [6.45, 7) is -1.62. The molecule has 5 rings (SSSR count). The first-order valence-corrected chi connectivity index (χ1v) is 13.7. The number of allylic oxidation sites excluding steroid dienone is 4. The molecule has 0 N–H and O–H groups in total. The summed E-state index contributed by atoms with van der Waals surface area (Å²) in [5, 5.41) is -0.0424. The van der Waals surface area contributed by atoms with Gasteiger partial charge in [0, 0.05) is 36.5 Å². The summed E-state index contributed by atoms with van der Waals surface area (Å²) in [6, 6.07) is 9.80. The van der Waals surface area contributed by atoms with Crippen molar-refractivity contribution in [3.05, 3.63) is 98.5 Å². The van der Waals surface area contributed by atoms with Crippen molar-refractivity contribution >= 4 is 34.4 Å². The van der Waals surface area contributed by atoms with Crippen LogP contribution >= 0.6 is 12.2 Å². The fourth-order valence-electron chi connectivity index (χ4n) is 5.45. The van der Waals surface area contributed by atoms with Gasteiger partial charge in [-0.05, 0) is 36.1 Å². The Balaban J connectivity index is 1.81. The Morgan fingerprint density at radius 2 is 1.78 bits per heavy atom. The SMILES string of the molecule is O=CN1CCC(n2c(=O)n(C(C3=CC(=S)CC=C3)c3ccccc3)c(=O)c3cc(OC(CF)CF)c(F)cc32)CC1. The summed E-state index contributed by atoms with van der Waals surface area (Å²) in [6.07, 6.45) is 6.01. The van der Waals surface area contributed by atoms with Crippen molar-refractivity contribution in [3.8, 4) is 5.75 Å². The van der Waals surface area contributed by atoms with Crippen molar-refractivity contribution in [2.45, 2.75) is 37.5 Å². The quantitative estimate of drug-likeness (QED) is 0.272. The van der Waals surface area contributed by atoms with Crippen LogP contribution in [0.15, 0.2) is 75.9 Å². The molecule has 2 aliphatic rings. The number of rotatable bonds is 9. The number of fused-ring (bicyclic) bond motifs is 1. The van der Waals surface area contributed by atoms with Crippen LogP contribution in [0.25, 0.3) is 10.9 Å². The Morgan fingerprint density at radius 3 is 2.41 bits per heavy atom. The number of ether oxygens (including phenoxy) is 1. The molecule has 11 heteroatoms. The Labute approximate surface area is 239 Å². The summed E-state index contributed by atoms with van der Waals surface area (Å²) in [4.78, 5) is 42.1. The van der Waals surface area contributed by atoms with Crippen molar-refractivity contribution in [2.24, 2.45) is 0 Å². The van der Waals surface area contributed by atoms with Crippen molar-refractivity contribution in [2.75, 3.05) is 26.4 Å². The van der Waals surface area contributed by atoms with Crippen LogP contribution in [0.3, 0.4) is 0 Å². The Kier molecular flexibility index (Phi) is 8.53. The molecular formula is C30H28F3N3O4S. The normalized spacial score (nSPS) is 16.7. The third-order valence-electron chi connectivity index (χ3n) is 7.47. The van der Waals surface area contributed by atoms with E-state index in [1.807, 2.05) is 18.2 Å². The lowest BCUT2D eigenvalue weighted by Gasteiger charge is -2.32. The first-order chi connectivity index (χ1) is 19.9. The van der Waals surface area contributed by atoms with Crippen molar-refractivity contribution in [1.82, 2.24) is 14.0 Å². The molecular weight excluding hydrogens is 555 g/mol. The minimum atomic E-state index is -1.54. The molecule has 0 radical (unpaired) electrons. The molecule has 3 aromatic rings. The number of alkyl halides is 2. The average molecular weight is 584 g/mol. The second-order valence-corrected chi connectivity index (χ2v) is 10.6. The fourth-order valence-corrected chi connectivity index (χ4v) is 5.69. The number of likely N-dealkylation sites (tertiary alicyclic amines) is 1. The van der Waals surface area contributed by atoms with Crippen molar-refractivity contribution < 1.29 is 22.7 Å². The monoisotopic (exact) mass is 583 g/mol. The van der Waals surface area contributed by atoms with Gasteiger partial charge in [-0.15, -0.1) is 0 Å². The maximum atomic E-state index is 15.3. The van der Waals surface area contributed by atoms with Crippen molar-refractivity contribution in [1.29, 1.82) is 0 Å². The number of carbonyl (C=O) groups excluding carboxylic acids is 1. The first-order valence-electron chi connectivity index (χ1n) is 13.3. The number of halogens is 3. The fraction of sp³-hybridized carbons (Fsp3) is 0.333. The van der Waals surface area contributed by atoms with Gasteiger partial charge in [0.05, 0.1) is 16.9 Å². The van der Waals surface area contributed by atoms with Crippen molar-refractivity contribution in [3.63, 3.8) is 0 Å². The highest BCUT2D eigenvalue weighted by molar-refractivity contribution is 7.80. The zero-order valence-electron chi connectivity index (χ0n) is 22.0. The minimum absolute atomic E-state index is 0.0400. The van der Waals surface area contributed by atoms with Gasteiger partial charge in [0.25, 0.3) is 5.56 Å². The standard InChI is InChI=1S/C30H28F3N3O4S/c31-16-22(17-32)40-27-14-24-26(15-25(27)33)35(21-9-11-34(18-37)12-10-21)30(39)36(29(24)38)28(19-5-2-1-3-6-19)20-7-4-8-23(41)13-20/h1-7,13-15,18,21-22,28H,8-12,16-17H2.